The van der Waals surface area contributed by atoms with Crippen LogP contribution in [0, 0.1) is 0 Å². The van der Waals surface area contributed by atoms with Crippen molar-refractivity contribution >= 4 is 23.9 Å². The van der Waals surface area contributed by atoms with Crippen molar-refractivity contribution in [2.75, 3.05) is 20.7 Å². The van der Waals surface area contributed by atoms with Crippen molar-refractivity contribution in [3.8, 4) is 0 Å². The number of nitrogens with one attached hydrogen (secondary N) is 1. The lowest BCUT2D eigenvalue weighted by Gasteiger charge is -2.11. The van der Waals surface area contributed by atoms with Gasteiger partial charge in [-0.15, -0.1) is 0 Å². The van der Waals surface area contributed by atoms with Gasteiger partial charge in [-0.3, -0.25) is 9.59 Å². The fourth-order valence-corrected chi connectivity index (χ4v) is 2.02. The Morgan fingerprint density at radius 2 is 2.00 bits per heavy atom. The number of allylic oxidation sites excluding steroid dienone is 1. The number of hydrogen-bond acceptors (Lipinski definition) is 4. The van der Waals surface area contributed by atoms with E-state index in [4.69, 9.17) is 10.2 Å². The molecule has 1 rings (SSSR count). The summed E-state index contributed by atoms with van der Waals surface area (Å²) in [6.45, 7) is -0.674. The number of benzene rings is 1. The highest BCUT2D eigenvalue weighted by Gasteiger charge is 2.19. The first-order chi connectivity index (χ1) is 11.8. The molecular weight excluding hydrogens is 324 g/mol. The third-order valence-electron chi connectivity index (χ3n) is 3.51. The minimum Gasteiger partial charge on any atom is -0.480 e. The summed E-state index contributed by atoms with van der Waals surface area (Å²) in [6.07, 6.45) is 5.73. The summed E-state index contributed by atoms with van der Waals surface area (Å²) in [5.41, 5.74) is 1.10. The number of hydrogen-bond donors (Lipinski definition) is 3. The molecule has 136 valence electrons. The zero-order valence-electron chi connectivity index (χ0n) is 14.4. The molecule has 25 heavy (non-hydrogen) atoms. The number of carbonyl (C=O) groups excluding carboxylic acids is 2. The van der Waals surface area contributed by atoms with E-state index >= 15 is 0 Å². The van der Waals surface area contributed by atoms with Crippen molar-refractivity contribution in [3.05, 3.63) is 41.5 Å². The number of unbranched alkanes of at least 4 members (excludes halogenated alkanes) is 1. The van der Waals surface area contributed by atoms with Crippen LogP contribution in [0.2, 0.25) is 0 Å². The number of carbonyl (C=O) groups is 3. The summed E-state index contributed by atoms with van der Waals surface area (Å²) in [7, 11) is 3.45. The second-order valence-electron chi connectivity index (χ2n) is 5.76. The van der Waals surface area contributed by atoms with Crippen molar-refractivity contribution in [2.45, 2.75) is 25.3 Å². The highest BCUT2D eigenvalue weighted by atomic mass is 16.4. The molecule has 0 heterocycles. The zero-order chi connectivity index (χ0) is 18.8. The first-order valence-corrected chi connectivity index (χ1v) is 7.96. The summed E-state index contributed by atoms with van der Waals surface area (Å²) in [5.74, 6) is -1.77. The number of nitrogens with zero attached hydrogens (tertiary/aromatic N) is 1. The lowest BCUT2D eigenvalue weighted by atomic mass is 10.1. The molecule has 0 fully saturated rings. The maximum Gasteiger partial charge on any atom is 0.328 e. The van der Waals surface area contributed by atoms with Gasteiger partial charge in [-0.05, 0) is 30.5 Å². The van der Waals surface area contributed by atoms with Crippen LogP contribution in [0.1, 0.15) is 35.2 Å². The first-order valence-electron chi connectivity index (χ1n) is 7.96. The normalized spacial score (nSPS) is 12.0. The standard InChI is InChI=1S/C18H24N2O5/c1-20(2)16(22)10-5-3-4-7-13-8-6-9-14(11-13)17(23)19-15(12-21)18(24)25/h4,6-9,11,15,21H,3,5,10,12H2,1-2H3,(H,19,23)(H,24,25)/b7-4-/t15-/m1/s1. The third kappa shape index (κ3) is 7.17. The molecular formula is C18H24N2O5. The maximum absolute atomic E-state index is 12.0. The number of carboxylic acids is 1. The monoisotopic (exact) mass is 348 g/mol. The van der Waals surface area contributed by atoms with E-state index in [1.54, 1.807) is 37.2 Å². The van der Waals surface area contributed by atoms with Gasteiger partial charge in [0.2, 0.25) is 5.91 Å². The second-order valence-corrected chi connectivity index (χ2v) is 5.76. The molecule has 2 amide bonds. The molecule has 0 saturated heterocycles. The Kier molecular flexibility index (Phi) is 8.35. The molecule has 0 aliphatic heterocycles. The maximum atomic E-state index is 12.0. The summed E-state index contributed by atoms with van der Waals surface area (Å²) in [5, 5.41) is 20.1. The van der Waals surface area contributed by atoms with Gasteiger partial charge in [-0.2, -0.15) is 0 Å². The molecule has 0 unspecified atom stereocenters. The van der Waals surface area contributed by atoms with E-state index in [0.717, 1.165) is 18.4 Å². The van der Waals surface area contributed by atoms with Crippen molar-refractivity contribution < 1.29 is 24.6 Å². The van der Waals surface area contributed by atoms with Crippen molar-refractivity contribution in [1.82, 2.24) is 10.2 Å². The number of carboxylic acid groups (broad SMARTS) is 1. The minimum atomic E-state index is -1.33. The Hall–Kier alpha value is -2.67. The average Bonchev–Trinajstić information content (AvgIpc) is 2.58. The molecule has 0 radical (unpaired) electrons. The summed E-state index contributed by atoms with van der Waals surface area (Å²) < 4.78 is 0. The lowest BCUT2D eigenvalue weighted by molar-refractivity contribution is -0.140. The van der Waals surface area contributed by atoms with Gasteiger partial charge < -0.3 is 20.4 Å². The van der Waals surface area contributed by atoms with Crippen LogP contribution in [-0.4, -0.2) is 59.6 Å². The number of aliphatic carboxylic acids is 1. The van der Waals surface area contributed by atoms with Gasteiger partial charge >= 0.3 is 5.97 Å². The topological polar surface area (TPSA) is 107 Å². The Balaban J connectivity index is 2.59. The van der Waals surface area contributed by atoms with Crippen LogP contribution in [0.5, 0.6) is 0 Å². The van der Waals surface area contributed by atoms with Crippen molar-refractivity contribution in [1.29, 1.82) is 0 Å². The SMILES string of the molecule is CN(C)C(=O)CCC/C=C\c1cccc(C(=O)N[C@H](CO)C(=O)O)c1. The van der Waals surface area contributed by atoms with E-state index in [0.29, 0.717) is 12.0 Å². The first kappa shape index (κ1) is 20.4. The van der Waals surface area contributed by atoms with Crippen LogP contribution < -0.4 is 5.32 Å². The third-order valence-corrected chi connectivity index (χ3v) is 3.51. The highest BCUT2D eigenvalue weighted by molar-refractivity contribution is 5.97. The van der Waals surface area contributed by atoms with Crippen LogP contribution in [0.25, 0.3) is 6.08 Å². The summed E-state index contributed by atoms with van der Waals surface area (Å²) in [4.78, 5) is 35.9. The van der Waals surface area contributed by atoms with E-state index in [1.807, 2.05) is 18.2 Å². The van der Waals surface area contributed by atoms with E-state index < -0.39 is 24.5 Å². The molecule has 0 saturated carbocycles. The summed E-state index contributed by atoms with van der Waals surface area (Å²) >= 11 is 0. The molecule has 1 aromatic rings. The number of amides is 2. The number of aliphatic hydroxyl groups excluding tert-OH is 1. The smallest absolute Gasteiger partial charge is 0.328 e. The Morgan fingerprint density at radius 3 is 2.60 bits per heavy atom. The Morgan fingerprint density at radius 1 is 1.28 bits per heavy atom. The Bertz CT molecular complexity index is 640. The Labute approximate surface area is 147 Å². The predicted octanol–water partition coefficient (Wildman–Crippen LogP) is 1.13. The molecule has 7 heteroatoms. The van der Waals surface area contributed by atoms with Crippen LogP contribution in [0.15, 0.2) is 30.3 Å². The fraction of sp³-hybridized carbons (Fsp3) is 0.389. The zero-order valence-corrected chi connectivity index (χ0v) is 14.4. The lowest BCUT2D eigenvalue weighted by Crippen LogP contribution is -2.43. The van der Waals surface area contributed by atoms with E-state index in [-0.39, 0.29) is 5.91 Å². The number of rotatable bonds is 9. The van der Waals surface area contributed by atoms with Crippen molar-refractivity contribution in [3.63, 3.8) is 0 Å². The second kappa shape index (κ2) is 10.2. The molecule has 0 aromatic heterocycles. The minimum absolute atomic E-state index is 0.0870. The van der Waals surface area contributed by atoms with Gasteiger partial charge in [0.1, 0.15) is 0 Å². The number of aliphatic hydroxyl groups is 1. The molecule has 0 aliphatic rings. The molecule has 1 aromatic carbocycles. The van der Waals surface area contributed by atoms with Gasteiger partial charge in [0.25, 0.3) is 5.91 Å². The van der Waals surface area contributed by atoms with Gasteiger partial charge in [0, 0.05) is 26.1 Å². The van der Waals surface area contributed by atoms with E-state index in [9.17, 15) is 14.4 Å². The molecule has 0 spiro atoms. The molecule has 1 atom stereocenters. The molecule has 3 N–H and O–H groups in total. The van der Waals surface area contributed by atoms with E-state index in [2.05, 4.69) is 5.32 Å². The van der Waals surface area contributed by atoms with Gasteiger partial charge in [0.15, 0.2) is 6.04 Å². The van der Waals surface area contributed by atoms with Crippen LogP contribution >= 0.6 is 0 Å². The average molecular weight is 348 g/mol. The van der Waals surface area contributed by atoms with Crippen molar-refractivity contribution in [2.24, 2.45) is 0 Å². The predicted molar refractivity (Wildman–Crippen MR) is 94.0 cm³/mol. The highest BCUT2D eigenvalue weighted by Crippen LogP contribution is 2.09. The molecule has 0 bridgehead atoms. The fourth-order valence-electron chi connectivity index (χ4n) is 2.02. The quantitative estimate of drug-likeness (QED) is 0.580. The van der Waals surface area contributed by atoms with Gasteiger partial charge in [0.05, 0.1) is 6.61 Å². The molecule has 0 aliphatic carbocycles. The van der Waals surface area contributed by atoms with Gasteiger partial charge in [-0.25, -0.2) is 4.79 Å². The van der Waals surface area contributed by atoms with Crippen LogP contribution in [-0.2, 0) is 9.59 Å². The van der Waals surface area contributed by atoms with Gasteiger partial charge in [-0.1, -0.05) is 24.3 Å². The van der Waals surface area contributed by atoms with Crippen LogP contribution in [0.4, 0.5) is 0 Å². The summed E-state index contributed by atoms with van der Waals surface area (Å²) in [6, 6.07) is 5.38. The van der Waals surface area contributed by atoms with Crippen LogP contribution in [0.3, 0.4) is 0 Å². The largest absolute Gasteiger partial charge is 0.480 e. The van der Waals surface area contributed by atoms with E-state index in [1.165, 1.54) is 0 Å². The molecule has 7 nitrogen and oxygen atoms in total.